The summed E-state index contributed by atoms with van der Waals surface area (Å²) in [5.41, 5.74) is 2.94. The predicted molar refractivity (Wildman–Crippen MR) is 83.5 cm³/mol. The van der Waals surface area contributed by atoms with Crippen molar-refractivity contribution >= 4 is 0 Å². The molecule has 0 aromatic heterocycles. The molecule has 0 bridgehead atoms. The first-order valence-corrected chi connectivity index (χ1v) is 8.01. The van der Waals surface area contributed by atoms with E-state index in [1.54, 1.807) is 0 Å². The van der Waals surface area contributed by atoms with Gasteiger partial charge in [-0.2, -0.15) is 0 Å². The fourth-order valence-corrected chi connectivity index (χ4v) is 3.41. The van der Waals surface area contributed by atoms with Gasteiger partial charge in [-0.05, 0) is 43.9 Å². The Balaban J connectivity index is 1.90. The maximum atomic E-state index is 3.55. The van der Waals surface area contributed by atoms with Crippen LogP contribution >= 0.6 is 0 Å². The molecule has 1 atom stereocenters. The van der Waals surface area contributed by atoms with Crippen LogP contribution in [-0.2, 0) is 6.42 Å². The average molecular weight is 259 g/mol. The zero-order valence-corrected chi connectivity index (χ0v) is 12.6. The Morgan fingerprint density at radius 1 is 1.11 bits per heavy atom. The van der Waals surface area contributed by atoms with Gasteiger partial charge in [0.15, 0.2) is 0 Å². The van der Waals surface area contributed by atoms with Gasteiger partial charge in [0.2, 0.25) is 0 Å². The highest BCUT2D eigenvalue weighted by atomic mass is 14.9. The smallest absolute Gasteiger partial charge is 0.0107 e. The minimum Gasteiger partial charge on any atom is -0.317 e. The third kappa shape index (κ3) is 4.65. The van der Waals surface area contributed by atoms with Gasteiger partial charge in [0.05, 0.1) is 0 Å². The molecule has 1 heteroatoms. The van der Waals surface area contributed by atoms with E-state index in [2.05, 4.69) is 43.6 Å². The summed E-state index contributed by atoms with van der Waals surface area (Å²) < 4.78 is 0. The lowest BCUT2D eigenvalue weighted by atomic mass is 9.89. The number of rotatable bonds is 5. The molecule has 1 saturated carbocycles. The van der Waals surface area contributed by atoms with Crippen molar-refractivity contribution in [2.24, 2.45) is 5.92 Å². The summed E-state index contributed by atoms with van der Waals surface area (Å²) in [6.45, 7) is 2.23. The Labute approximate surface area is 118 Å². The summed E-state index contributed by atoms with van der Waals surface area (Å²) >= 11 is 0. The molecular formula is C18H29N. The van der Waals surface area contributed by atoms with Crippen LogP contribution in [0.15, 0.2) is 24.3 Å². The molecule has 106 valence electrons. The van der Waals surface area contributed by atoms with Crippen LogP contribution in [0.1, 0.15) is 56.1 Å². The van der Waals surface area contributed by atoms with Crippen LogP contribution in [-0.4, -0.2) is 13.1 Å². The Morgan fingerprint density at radius 3 is 2.42 bits per heavy atom. The molecule has 0 aliphatic heterocycles. The van der Waals surface area contributed by atoms with Gasteiger partial charge in [0.1, 0.15) is 0 Å². The molecule has 1 aliphatic rings. The molecule has 1 unspecified atom stereocenters. The monoisotopic (exact) mass is 259 g/mol. The van der Waals surface area contributed by atoms with Gasteiger partial charge in [-0.15, -0.1) is 0 Å². The van der Waals surface area contributed by atoms with Crippen LogP contribution in [0.3, 0.4) is 0 Å². The van der Waals surface area contributed by atoms with Crippen molar-refractivity contribution in [1.82, 2.24) is 5.32 Å². The number of hydrogen-bond donors (Lipinski definition) is 1. The van der Waals surface area contributed by atoms with Gasteiger partial charge in [0, 0.05) is 6.04 Å². The molecule has 0 saturated heterocycles. The van der Waals surface area contributed by atoms with Gasteiger partial charge in [-0.3, -0.25) is 0 Å². The van der Waals surface area contributed by atoms with E-state index in [9.17, 15) is 0 Å². The second-order valence-corrected chi connectivity index (χ2v) is 6.21. The normalized spacial score (nSPS) is 19.1. The van der Waals surface area contributed by atoms with Gasteiger partial charge < -0.3 is 5.32 Å². The van der Waals surface area contributed by atoms with E-state index in [-0.39, 0.29) is 0 Å². The van der Waals surface area contributed by atoms with Crippen molar-refractivity contribution in [1.29, 1.82) is 0 Å². The van der Waals surface area contributed by atoms with Crippen molar-refractivity contribution in [2.75, 3.05) is 7.05 Å². The minimum atomic E-state index is 0.643. The highest BCUT2D eigenvalue weighted by Crippen LogP contribution is 2.27. The third-order valence-corrected chi connectivity index (χ3v) is 4.73. The molecular weight excluding hydrogens is 230 g/mol. The number of hydrogen-bond acceptors (Lipinski definition) is 1. The van der Waals surface area contributed by atoms with Crippen molar-refractivity contribution in [3.8, 4) is 0 Å². The van der Waals surface area contributed by atoms with Crippen LogP contribution in [0.4, 0.5) is 0 Å². The summed E-state index contributed by atoms with van der Waals surface area (Å²) in [4.78, 5) is 0. The van der Waals surface area contributed by atoms with E-state index in [1.165, 1.54) is 62.5 Å². The molecule has 19 heavy (non-hydrogen) atoms. The number of aryl methyl sites for hydroxylation is 1. The first kappa shape index (κ1) is 14.6. The summed E-state index contributed by atoms with van der Waals surface area (Å²) in [5, 5.41) is 3.55. The van der Waals surface area contributed by atoms with Crippen molar-refractivity contribution in [3.63, 3.8) is 0 Å². The quantitative estimate of drug-likeness (QED) is 0.768. The lowest BCUT2D eigenvalue weighted by Crippen LogP contribution is -2.30. The SMILES string of the molecule is CNC(Cc1ccccc1C)CC1CCCCCC1. The molecule has 1 aliphatic carbocycles. The lowest BCUT2D eigenvalue weighted by molar-refractivity contribution is 0.361. The average Bonchev–Trinajstić information content (AvgIpc) is 2.69. The molecule has 2 rings (SSSR count). The zero-order chi connectivity index (χ0) is 13.5. The first-order valence-electron chi connectivity index (χ1n) is 8.01. The summed E-state index contributed by atoms with van der Waals surface area (Å²) in [7, 11) is 2.12. The summed E-state index contributed by atoms with van der Waals surface area (Å²) in [6.07, 6.45) is 11.2. The van der Waals surface area contributed by atoms with Crippen molar-refractivity contribution in [2.45, 2.75) is 64.3 Å². The summed E-state index contributed by atoms with van der Waals surface area (Å²) in [5.74, 6) is 0.948. The largest absolute Gasteiger partial charge is 0.317 e. The third-order valence-electron chi connectivity index (χ3n) is 4.73. The molecule has 1 fully saturated rings. The molecule has 0 amide bonds. The maximum absolute atomic E-state index is 3.55. The standard InChI is InChI=1S/C18H29N/c1-15-9-7-8-12-17(15)14-18(19-2)13-16-10-5-3-4-6-11-16/h7-9,12,16,18-19H,3-6,10-11,13-14H2,1-2H3. The van der Waals surface area contributed by atoms with E-state index >= 15 is 0 Å². The van der Waals surface area contributed by atoms with E-state index in [0.717, 1.165) is 5.92 Å². The number of nitrogens with one attached hydrogen (secondary N) is 1. The topological polar surface area (TPSA) is 12.0 Å². The van der Waals surface area contributed by atoms with E-state index < -0.39 is 0 Å². The van der Waals surface area contributed by atoms with E-state index in [0.29, 0.717) is 6.04 Å². The van der Waals surface area contributed by atoms with Crippen LogP contribution in [0.2, 0.25) is 0 Å². The Bertz CT molecular complexity index is 364. The zero-order valence-electron chi connectivity index (χ0n) is 12.6. The second kappa shape index (κ2) is 7.69. The van der Waals surface area contributed by atoms with Crippen LogP contribution < -0.4 is 5.32 Å². The summed E-state index contributed by atoms with van der Waals surface area (Å²) in [6, 6.07) is 9.46. The molecule has 0 heterocycles. The lowest BCUT2D eigenvalue weighted by Gasteiger charge is -2.23. The van der Waals surface area contributed by atoms with Gasteiger partial charge in [-0.1, -0.05) is 62.8 Å². The minimum absolute atomic E-state index is 0.643. The fourth-order valence-electron chi connectivity index (χ4n) is 3.41. The molecule has 1 aromatic rings. The number of benzene rings is 1. The van der Waals surface area contributed by atoms with Gasteiger partial charge in [-0.25, -0.2) is 0 Å². The Morgan fingerprint density at radius 2 is 1.79 bits per heavy atom. The highest BCUT2D eigenvalue weighted by Gasteiger charge is 2.17. The van der Waals surface area contributed by atoms with Crippen molar-refractivity contribution < 1.29 is 0 Å². The van der Waals surface area contributed by atoms with Crippen LogP contribution in [0, 0.1) is 12.8 Å². The molecule has 1 aromatic carbocycles. The molecule has 1 N–H and O–H groups in total. The predicted octanol–water partition coefficient (Wildman–Crippen LogP) is 4.49. The molecule has 0 spiro atoms. The van der Waals surface area contributed by atoms with Crippen molar-refractivity contribution in [3.05, 3.63) is 35.4 Å². The first-order chi connectivity index (χ1) is 9.29. The Kier molecular flexibility index (Phi) is 5.91. The van der Waals surface area contributed by atoms with E-state index in [4.69, 9.17) is 0 Å². The van der Waals surface area contributed by atoms with Crippen LogP contribution in [0.25, 0.3) is 0 Å². The maximum Gasteiger partial charge on any atom is 0.0107 e. The van der Waals surface area contributed by atoms with Gasteiger partial charge >= 0.3 is 0 Å². The number of likely N-dealkylation sites (N-methyl/N-ethyl adjacent to an activating group) is 1. The Hall–Kier alpha value is -0.820. The second-order valence-electron chi connectivity index (χ2n) is 6.21. The fraction of sp³-hybridized carbons (Fsp3) is 0.667. The van der Waals surface area contributed by atoms with Gasteiger partial charge in [0.25, 0.3) is 0 Å². The molecule has 1 nitrogen and oxygen atoms in total. The molecule has 0 radical (unpaired) electrons. The van der Waals surface area contributed by atoms with E-state index in [1.807, 2.05) is 0 Å². The van der Waals surface area contributed by atoms with Crippen LogP contribution in [0.5, 0.6) is 0 Å². The highest BCUT2D eigenvalue weighted by molar-refractivity contribution is 5.26.